The number of ether oxygens (including phenoxy) is 2. The number of allylic oxidation sites excluding steroid dienone is 1. The molecular weight excluding hydrogens is 305 g/mol. The monoisotopic (exact) mass is 322 g/mol. The van der Waals surface area contributed by atoms with E-state index in [2.05, 4.69) is 0 Å². The summed E-state index contributed by atoms with van der Waals surface area (Å²) in [5, 5.41) is -1.10. The van der Waals surface area contributed by atoms with Gasteiger partial charge in [0, 0.05) is 6.61 Å². The van der Waals surface area contributed by atoms with Crippen LogP contribution in [0.15, 0.2) is 41.4 Å². The van der Waals surface area contributed by atoms with E-state index in [0.29, 0.717) is 13.2 Å². The summed E-state index contributed by atoms with van der Waals surface area (Å²) in [6.45, 7) is 1.31. The van der Waals surface area contributed by atoms with Gasteiger partial charge in [-0.3, -0.25) is 0 Å². The number of hydrogen-bond acceptors (Lipinski definition) is 2. The van der Waals surface area contributed by atoms with E-state index < -0.39 is 11.2 Å². The molecular formula is C15H18ClF3O2. The Labute approximate surface area is 127 Å². The molecule has 118 valence electrons. The quantitative estimate of drug-likeness (QED) is 0.600. The van der Waals surface area contributed by atoms with Crippen LogP contribution in [-0.2, 0) is 4.74 Å². The smallest absolute Gasteiger partial charge is 0.426 e. The average molecular weight is 323 g/mol. The normalized spacial score (nSPS) is 12.5. The van der Waals surface area contributed by atoms with Crippen LogP contribution in [0.4, 0.5) is 13.2 Å². The van der Waals surface area contributed by atoms with Gasteiger partial charge in [-0.1, -0.05) is 35.9 Å². The van der Waals surface area contributed by atoms with E-state index in [0.717, 1.165) is 24.7 Å². The van der Waals surface area contributed by atoms with Crippen molar-refractivity contribution in [3.8, 4) is 5.75 Å². The molecule has 0 amide bonds. The molecule has 0 unspecified atom stereocenters. The second kappa shape index (κ2) is 9.68. The first-order valence-corrected chi connectivity index (χ1v) is 7.06. The van der Waals surface area contributed by atoms with Gasteiger partial charge in [0.1, 0.15) is 10.8 Å². The molecule has 0 spiro atoms. The summed E-state index contributed by atoms with van der Waals surface area (Å²) < 4.78 is 46.9. The Hall–Kier alpha value is -1.20. The highest BCUT2D eigenvalue weighted by molar-refractivity contribution is 6.30. The summed E-state index contributed by atoms with van der Waals surface area (Å²) >= 11 is 5.06. The SMILES string of the molecule is FC(F)(F)C(Cl)=CCCOCCCCOc1ccccc1. The lowest BCUT2D eigenvalue weighted by atomic mass is 10.3. The molecule has 6 heteroatoms. The lowest BCUT2D eigenvalue weighted by Gasteiger charge is -2.06. The number of unbranched alkanes of at least 4 members (excludes halogenated alkanes) is 1. The van der Waals surface area contributed by atoms with Gasteiger partial charge >= 0.3 is 6.18 Å². The zero-order chi connectivity index (χ0) is 15.6. The molecule has 0 radical (unpaired) electrons. The molecule has 0 saturated carbocycles. The van der Waals surface area contributed by atoms with Crippen LogP contribution in [0.5, 0.6) is 5.75 Å². The van der Waals surface area contributed by atoms with Gasteiger partial charge in [-0.15, -0.1) is 0 Å². The maximum atomic E-state index is 12.0. The summed E-state index contributed by atoms with van der Waals surface area (Å²) in [6.07, 6.45) is -1.76. The fourth-order valence-corrected chi connectivity index (χ4v) is 1.61. The Morgan fingerprint density at radius 1 is 1.05 bits per heavy atom. The number of halogens is 4. The Morgan fingerprint density at radius 3 is 2.38 bits per heavy atom. The number of alkyl halides is 3. The van der Waals surface area contributed by atoms with Crippen molar-refractivity contribution in [1.29, 1.82) is 0 Å². The fourth-order valence-electron chi connectivity index (χ4n) is 1.50. The maximum Gasteiger partial charge on any atom is 0.426 e. The lowest BCUT2D eigenvalue weighted by Crippen LogP contribution is -2.07. The van der Waals surface area contributed by atoms with Gasteiger partial charge < -0.3 is 9.47 Å². The summed E-state index contributed by atoms with van der Waals surface area (Å²) in [5.74, 6) is 0.824. The van der Waals surface area contributed by atoms with E-state index in [4.69, 9.17) is 21.1 Å². The maximum absolute atomic E-state index is 12.0. The molecule has 0 fully saturated rings. The third-order valence-electron chi connectivity index (χ3n) is 2.55. The van der Waals surface area contributed by atoms with Gasteiger partial charge in [-0.05, 0) is 31.4 Å². The number of benzene rings is 1. The Kier molecular flexibility index (Phi) is 8.23. The minimum atomic E-state index is -4.46. The average Bonchev–Trinajstić information content (AvgIpc) is 2.45. The minimum Gasteiger partial charge on any atom is -0.494 e. The van der Waals surface area contributed by atoms with Crippen LogP contribution in [0.3, 0.4) is 0 Å². The zero-order valence-corrected chi connectivity index (χ0v) is 12.3. The topological polar surface area (TPSA) is 18.5 Å². The molecule has 0 aliphatic heterocycles. The first kappa shape index (κ1) is 17.9. The van der Waals surface area contributed by atoms with E-state index >= 15 is 0 Å². The molecule has 0 N–H and O–H groups in total. The molecule has 2 nitrogen and oxygen atoms in total. The van der Waals surface area contributed by atoms with Crippen molar-refractivity contribution in [3.05, 3.63) is 41.4 Å². The van der Waals surface area contributed by atoms with E-state index in [1.54, 1.807) is 0 Å². The molecule has 0 bridgehead atoms. The van der Waals surface area contributed by atoms with Crippen molar-refractivity contribution < 1.29 is 22.6 Å². The van der Waals surface area contributed by atoms with Crippen LogP contribution in [0.1, 0.15) is 19.3 Å². The summed E-state index contributed by atoms with van der Waals surface area (Å²) in [7, 11) is 0. The molecule has 1 aromatic rings. The third-order valence-corrected chi connectivity index (χ3v) is 2.92. The summed E-state index contributed by atoms with van der Waals surface area (Å²) in [5.41, 5.74) is 0. The van der Waals surface area contributed by atoms with Crippen molar-refractivity contribution >= 4 is 11.6 Å². The second-order valence-electron chi connectivity index (χ2n) is 4.32. The highest BCUT2D eigenvalue weighted by Gasteiger charge is 2.31. The van der Waals surface area contributed by atoms with Gasteiger partial charge in [0.15, 0.2) is 0 Å². The van der Waals surface area contributed by atoms with Gasteiger partial charge in [0.25, 0.3) is 0 Å². The van der Waals surface area contributed by atoms with Crippen LogP contribution in [-0.4, -0.2) is 26.0 Å². The Bertz CT molecular complexity index is 419. The van der Waals surface area contributed by atoms with Crippen LogP contribution in [0, 0.1) is 0 Å². The van der Waals surface area contributed by atoms with Crippen molar-refractivity contribution in [2.75, 3.05) is 19.8 Å². The van der Waals surface area contributed by atoms with Gasteiger partial charge in [-0.25, -0.2) is 0 Å². The predicted molar refractivity (Wildman–Crippen MR) is 76.6 cm³/mol. The van der Waals surface area contributed by atoms with Crippen molar-refractivity contribution in [1.82, 2.24) is 0 Å². The van der Waals surface area contributed by atoms with Crippen molar-refractivity contribution in [2.24, 2.45) is 0 Å². The van der Waals surface area contributed by atoms with Crippen molar-refractivity contribution in [2.45, 2.75) is 25.4 Å². The van der Waals surface area contributed by atoms with E-state index in [1.807, 2.05) is 30.3 Å². The molecule has 0 aliphatic rings. The molecule has 0 atom stereocenters. The second-order valence-corrected chi connectivity index (χ2v) is 4.73. The Balaban J connectivity index is 1.96. The lowest BCUT2D eigenvalue weighted by molar-refractivity contribution is -0.0848. The first-order valence-electron chi connectivity index (χ1n) is 6.68. The van der Waals surface area contributed by atoms with Crippen LogP contribution in [0.2, 0.25) is 0 Å². The third kappa shape index (κ3) is 8.63. The first-order chi connectivity index (χ1) is 10.00. The zero-order valence-electron chi connectivity index (χ0n) is 11.5. The van der Waals surface area contributed by atoms with Crippen molar-refractivity contribution in [3.63, 3.8) is 0 Å². The molecule has 1 aromatic carbocycles. The van der Waals surface area contributed by atoms with Gasteiger partial charge in [-0.2, -0.15) is 13.2 Å². The summed E-state index contributed by atoms with van der Waals surface area (Å²) in [4.78, 5) is 0. The van der Waals surface area contributed by atoms with Crippen LogP contribution in [0.25, 0.3) is 0 Å². The number of rotatable bonds is 9. The predicted octanol–water partition coefficient (Wildman–Crippen LogP) is 4.94. The number of para-hydroxylation sites is 1. The molecule has 0 aliphatic carbocycles. The minimum absolute atomic E-state index is 0.152. The molecule has 21 heavy (non-hydrogen) atoms. The number of hydrogen-bond donors (Lipinski definition) is 0. The molecule has 0 heterocycles. The molecule has 0 aromatic heterocycles. The highest BCUT2D eigenvalue weighted by atomic mass is 35.5. The van der Waals surface area contributed by atoms with Gasteiger partial charge in [0.2, 0.25) is 0 Å². The van der Waals surface area contributed by atoms with Gasteiger partial charge in [0.05, 0.1) is 13.2 Å². The fraction of sp³-hybridized carbons (Fsp3) is 0.467. The van der Waals surface area contributed by atoms with E-state index in [-0.39, 0.29) is 13.0 Å². The molecule has 0 saturated heterocycles. The highest BCUT2D eigenvalue weighted by Crippen LogP contribution is 2.28. The van der Waals surface area contributed by atoms with E-state index in [9.17, 15) is 13.2 Å². The molecule has 1 rings (SSSR count). The van der Waals surface area contributed by atoms with Crippen LogP contribution >= 0.6 is 11.6 Å². The van der Waals surface area contributed by atoms with Crippen LogP contribution < -0.4 is 4.74 Å². The standard InChI is InChI=1S/C15H18ClF3O2/c16-14(15(17,18)19)9-6-11-20-10-4-5-12-21-13-7-2-1-3-8-13/h1-3,7-9H,4-6,10-12H2. The summed E-state index contributed by atoms with van der Waals surface area (Å²) in [6, 6.07) is 9.48. The van der Waals surface area contributed by atoms with E-state index in [1.165, 1.54) is 0 Å². The Morgan fingerprint density at radius 2 is 1.71 bits per heavy atom. The largest absolute Gasteiger partial charge is 0.494 e.